The highest BCUT2D eigenvalue weighted by Gasteiger charge is 2.31. The normalized spacial score (nSPS) is 16.7. The Morgan fingerprint density at radius 3 is 3.04 bits per heavy atom. The summed E-state index contributed by atoms with van der Waals surface area (Å²) in [4.78, 5) is 23.0. The maximum Gasteiger partial charge on any atom is 0.226 e. The van der Waals surface area contributed by atoms with Gasteiger partial charge in [0.25, 0.3) is 0 Å². The van der Waals surface area contributed by atoms with Crippen molar-refractivity contribution in [2.75, 3.05) is 25.5 Å². The maximum absolute atomic E-state index is 13.5. The molecule has 1 fully saturated rings. The number of benzene rings is 1. The smallest absolute Gasteiger partial charge is 0.226 e. The summed E-state index contributed by atoms with van der Waals surface area (Å²) >= 11 is 0. The summed E-state index contributed by atoms with van der Waals surface area (Å²) in [6.45, 7) is 0.833. The third-order valence-corrected chi connectivity index (χ3v) is 4.23. The Bertz CT molecular complexity index is 741. The summed E-state index contributed by atoms with van der Waals surface area (Å²) in [6, 6.07) is 6.12. The fraction of sp³-hybridized carbons (Fsp3) is 0.389. The molecule has 2 aromatic rings. The lowest BCUT2D eigenvalue weighted by atomic mass is 10.1. The Balaban J connectivity index is 1.60. The van der Waals surface area contributed by atoms with Crippen LogP contribution >= 0.6 is 0 Å². The van der Waals surface area contributed by atoms with Gasteiger partial charge in [-0.15, -0.1) is 0 Å². The highest BCUT2D eigenvalue weighted by atomic mass is 19.1. The Morgan fingerprint density at radius 1 is 1.40 bits per heavy atom. The molecule has 2 heterocycles. The number of para-hydroxylation sites is 1. The van der Waals surface area contributed by atoms with Crippen LogP contribution in [0.25, 0.3) is 0 Å². The van der Waals surface area contributed by atoms with Crippen LogP contribution in [-0.2, 0) is 4.79 Å². The average Bonchev–Trinajstić information content (AvgIpc) is 3.13. The number of hydrogen-bond donors (Lipinski definition) is 1. The molecule has 1 atom stereocenters. The molecule has 1 aromatic carbocycles. The lowest BCUT2D eigenvalue weighted by Gasteiger charge is -2.24. The van der Waals surface area contributed by atoms with Crippen molar-refractivity contribution in [1.82, 2.24) is 14.9 Å². The van der Waals surface area contributed by atoms with Crippen molar-refractivity contribution in [3.05, 3.63) is 48.2 Å². The van der Waals surface area contributed by atoms with Gasteiger partial charge < -0.3 is 15.0 Å². The number of halogens is 1. The van der Waals surface area contributed by atoms with Crippen molar-refractivity contribution in [2.24, 2.45) is 0 Å². The molecule has 7 heteroatoms. The van der Waals surface area contributed by atoms with Gasteiger partial charge in [-0.3, -0.25) is 9.78 Å². The van der Waals surface area contributed by atoms with E-state index in [1.54, 1.807) is 37.6 Å². The third kappa shape index (κ3) is 4.04. The first-order chi connectivity index (χ1) is 12.2. The van der Waals surface area contributed by atoms with Gasteiger partial charge in [-0.25, -0.2) is 9.37 Å². The predicted molar refractivity (Wildman–Crippen MR) is 91.8 cm³/mol. The van der Waals surface area contributed by atoms with Crippen LogP contribution in [0, 0.1) is 5.82 Å². The minimum atomic E-state index is -0.423. The molecule has 1 aromatic heterocycles. The first-order valence-electron chi connectivity index (χ1n) is 8.35. The lowest BCUT2D eigenvalue weighted by molar-refractivity contribution is -0.132. The van der Waals surface area contributed by atoms with Gasteiger partial charge in [0.15, 0.2) is 11.6 Å². The van der Waals surface area contributed by atoms with E-state index in [-0.39, 0.29) is 30.7 Å². The van der Waals surface area contributed by atoms with Gasteiger partial charge >= 0.3 is 0 Å². The van der Waals surface area contributed by atoms with Crippen LogP contribution in [-0.4, -0.2) is 41.0 Å². The molecule has 0 bridgehead atoms. The first-order valence-corrected chi connectivity index (χ1v) is 8.35. The molecule has 0 spiro atoms. The molecular formula is C18H21FN4O2. The molecule has 0 radical (unpaired) electrons. The van der Waals surface area contributed by atoms with Crippen LogP contribution in [0.3, 0.4) is 0 Å². The van der Waals surface area contributed by atoms with Crippen molar-refractivity contribution < 1.29 is 13.9 Å². The van der Waals surface area contributed by atoms with Gasteiger partial charge in [0.2, 0.25) is 5.91 Å². The molecule has 0 saturated carbocycles. The lowest BCUT2D eigenvalue weighted by Crippen LogP contribution is -2.32. The molecule has 1 amide bonds. The molecule has 0 unspecified atom stereocenters. The predicted octanol–water partition coefficient (Wildman–Crippen LogP) is 2.79. The van der Waals surface area contributed by atoms with Crippen molar-refractivity contribution in [2.45, 2.75) is 25.3 Å². The number of amides is 1. The molecule has 25 heavy (non-hydrogen) atoms. The molecule has 1 aliphatic rings. The number of likely N-dealkylation sites (tertiary alicyclic amines) is 1. The Labute approximate surface area is 146 Å². The highest BCUT2D eigenvalue weighted by Crippen LogP contribution is 2.31. The second-order valence-electron chi connectivity index (χ2n) is 5.85. The summed E-state index contributed by atoms with van der Waals surface area (Å²) < 4.78 is 18.9. The number of carbonyl (C=O) groups is 1. The number of nitrogens with zero attached hydrogens (tertiary/aromatic N) is 3. The standard InChI is InChI=1S/C18H21FN4O2/c1-20-17-12-21-11-14(22-17)15-6-4-9-23(15)18(24)8-10-25-16-7-3-2-5-13(16)19/h2-3,5,7,11-12,15H,4,6,8-10H2,1H3,(H,20,22)/t15-/m0/s1. The summed E-state index contributed by atoms with van der Waals surface area (Å²) in [5, 5.41) is 2.96. The molecule has 6 nitrogen and oxygen atoms in total. The third-order valence-electron chi connectivity index (χ3n) is 4.23. The van der Waals surface area contributed by atoms with E-state index in [0.29, 0.717) is 12.4 Å². The summed E-state index contributed by atoms with van der Waals surface area (Å²) in [6.07, 6.45) is 5.33. The minimum Gasteiger partial charge on any atom is -0.490 e. The Kier molecular flexibility index (Phi) is 5.42. The fourth-order valence-electron chi connectivity index (χ4n) is 2.99. The molecule has 0 aliphatic carbocycles. The zero-order valence-electron chi connectivity index (χ0n) is 14.1. The van der Waals surface area contributed by atoms with E-state index < -0.39 is 5.82 Å². The first kappa shape index (κ1) is 17.1. The van der Waals surface area contributed by atoms with Gasteiger partial charge in [-0.05, 0) is 25.0 Å². The van der Waals surface area contributed by atoms with Gasteiger partial charge in [-0.1, -0.05) is 12.1 Å². The average molecular weight is 344 g/mol. The van der Waals surface area contributed by atoms with E-state index >= 15 is 0 Å². The van der Waals surface area contributed by atoms with Crippen molar-refractivity contribution in [1.29, 1.82) is 0 Å². The Morgan fingerprint density at radius 2 is 2.24 bits per heavy atom. The summed E-state index contributed by atoms with van der Waals surface area (Å²) in [5.41, 5.74) is 0.785. The second-order valence-corrected chi connectivity index (χ2v) is 5.85. The topological polar surface area (TPSA) is 67.4 Å². The van der Waals surface area contributed by atoms with Crippen LogP contribution in [0.15, 0.2) is 36.7 Å². The number of ether oxygens (including phenoxy) is 1. The summed E-state index contributed by atoms with van der Waals surface area (Å²) in [7, 11) is 1.78. The number of rotatable bonds is 6. The maximum atomic E-state index is 13.5. The highest BCUT2D eigenvalue weighted by molar-refractivity contribution is 5.77. The van der Waals surface area contributed by atoms with E-state index in [1.807, 2.05) is 4.90 Å². The zero-order valence-corrected chi connectivity index (χ0v) is 14.1. The molecule has 3 rings (SSSR count). The van der Waals surface area contributed by atoms with Crippen molar-refractivity contribution in [3.63, 3.8) is 0 Å². The molecular weight excluding hydrogens is 323 g/mol. The number of hydrogen-bond acceptors (Lipinski definition) is 5. The van der Waals surface area contributed by atoms with Crippen LogP contribution < -0.4 is 10.1 Å². The number of aromatic nitrogens is 2. The Hall–Kier alpha value is -2.70. The van der Waals surface area contributed by atoms with E-state index in [0.717, 1.165) is 18.5 Å². The molecule has 1 aliphatic heterocycles. The van der Waals surface area contributed by atoms with E-state index in [9.17, 15) is 9.18 Å². The van der Waals surface area contributed by atoms with Crippen molar-refractivity contribution in [3.8, 4) is 5.75 Å². The summed E-state index contributed by atoms with van der Waals surface area (Å²) in [5.74, 6) is 0.407. The zero-order chi connectivity index (χ0) is 17.6. The minimum absolute atomic E-state index is 0.0181. The van der Waals surface area contributed by atoms with Crippen LogP contribution in [0.4, 0.5) is 10.2 Å². The number of nitrogens with one attached hydrogen (secondary N) is 1. The van der Waals surface area contributed by atoms with Crippen LogP contribution in [0.5, 0.6) is 5.75 Å². The van der Waals surface area contributed by atoms with E-state index in [4.69, 9.17) is 4.74 Å². The van der Waals surface area contributed by atoms with Crippen LogP contribution in [0.1, 0.15) is 31.0 Å². The van der Waals surface area contributed by atoms with Gasteiger partial charge in [-0.2, -0.15) is 0 Å². The van der Waals surface area contributed by atoms with Gasteiger partial charge in [0.1, 0.15) is 5.82 Å². The largest absolute Gasteiger partial charge is 0.490 e. The second kappa shape index (κ2) is 7.92. The quantitative estimate of drug-likeness (QED) is 0.873. The van der Waals surface area contributed by atoms with E-state index in [1.165, 1.54) is 6.07 Å². The SMILES string of the molecule is CNc1cncc([C@@H]2CCCN2C(=O)CCOc2ccccc2F)n1. The monoisotopic (exact) mass is 344 g/mol. The van der Waals surface area contributed by atoms with Crippen LogP contribution in [0.2, 0.25) is 0 Å². The van der Waals surface area contributed by atoms with Gasteiger partial charge in [0.05, 0.1) is 37.2 Å². The molecule has 132 valence electrons. The van der Waals surface area contributed by atoms with E-state index in [2.05, 4.69) is 15.3 Å². The molecule has 1 N–H and O–H groups in total. The fourth-order valence-corrected chi connectivity index (χ4v) is 2.99. The molecule has 1 saturated heterocycles. The number of carbonyl (C=O) groups excluding carboxylic acids is 1. The van der Waals surface area contributed by atoms with Crippen molar-refractivity contribution >= 4 is 11.7 Å². The number of anilines is 1. The van der Waals surface area contributed by atoms with Gasteiger partial charge in [0, 0.05) is 13.6 Å².